The molecule has 0 saturated heterocycles. The van der Waals surface area contributed by atoms with E-state index in [1.165, 1.54) is 29.6 Å². The van der Waals surface area contributed by atoms with Gasteiger partial charge in [0.25, 0.3) is 11.9 Å². The van der Waals surface area contributed by atoms with Gasteiger partial charge in [-0.25, -0.2) is 4.52 Å². The Morgan fingerprint density at radius 1 is 1.41 bits per heavy atom. The van der Waals surface area contributed by atoms with E-state index in [1.54, 1.807) is 4.52 Å². The fourth-order valence-corrected chi connectivity index (χ4v) is 3.13. The van der Waals surface area contributed by atoms with Gasteiger partial charge in [0, 0.05) is 18.1 Å². The number of ether oxygens (including phenoxy) is 1. The Hall–Kier alpha value is -2.25. The number of carbonyl (C=O) groups excluding carboxylic acids is 1. The number of methoxy groups -OCH3 is 1. The van der Waals surface area contributed by atoms with Crippen LogP contribution in [0.1, 0.15) is 11.1 Å². The number of aryl methyl sites for hydroxylation is 2. The minimum absolute atomic E-state index is 0.0171. The zero-order valence-electron chi connectivity index (χ0n) is 12.6. The molecule has 3 aromatic rings. The van der Waals surface area contributed by atoms with E-state index in [2.05, 4.69) is 47.4 Å². The number of amides is 1. The van der Waals surface area contributed by atoms with Crippen molar-refractivity contribution >= 4 is 28.2 Å². The van der Waals surface area contributed by atoms with Gasteiger partial charge in [-0.15, -0.1) is 16.4 Å². The van der Waals surface area contributed by atoms with Crippen LogP contribution in [0, 0.1) is 13.8 Å². The molecule has 0 bridgehead atoms. The molecule has 0 aliphatic carbocycles. The molecule has 2 aromatic heterocycles. The number of nitrogens with zero attached hydrogens (tertiary/aromatic N) is 3. The summed E-state index contributed by atoms with van der Waals surface area (Å²) in [6, 6.07) is 6.29. The third kappa shape index (κ3) is 2.72. The number of anilines is 1. The third-order valence-electron chi connectivity index (χ3n) is 3.27. The Morgan fingerprint density at radius 3 is 2.95 bits per heavy atom. The van der Waals surface area contributed by atoms with Crippen LogP contribution in [0.5, 0.6) is 0 Å². The molecule has 1 amide bonds. The van der Waals surface area contributed by atoms with Crippen molar-refractivity contribution in [2.75, 3.05) is 19.0 Å². The number of rotatable bonds is 4. The van der Waals surface area contributed by atoms with Crippen LogP contribution in [0.15, 0.2) is 23.6 Å². The van der Waals surface area contributed by atoms with Crippen LogP contribution < -0.4 is 5.32 Å². The van der Waals surface area contributed by atoms with Gasteiger partial charge in [0.1, 0.15) is 6.61 Å². The van der Waals surface area contributed by atoms with E-state index >= 15 is 0 Å². The second-order valence-corrected chi connectivity index (χ2v) is 5.89. The highest BCUT2D eigenvalue weighted by molar-refractivity contribution is 7.15. The van der Waals surface area contributed by atoms with E-state index in [0.717, 1.165) is 16.2 Å². The van der Waals surface area contributed by atoms with E-state index in [-0.39, 0.29) is 12.5 Å². The Bertz CT molecular complexity index is 837. The molecule has 2 heterocycles. The van der Waals surface area contributed by atoms with Gasteiger partial charge in [0.05, 0.1) is 5.69 Å². The predicted molar refractivity (Wildman–Crippen MR) is 86.3 cm³/mol. The van der Waals surface area contributed by atoms with E-state index in [1.807, 2.05) is 5.38 Å². The molecule has 1 aromatic carbocycles. The number of hydrogen-bond donors (Lipinski definition) is 1. The van der Waals surface area contributed by atoms with Crippen molar-refractivity contribution in [2.45, 2.75) is 13.8 Å². The molecule has 114 valence electrons. The number of hydrogen-bond acceptors (Lipinski definition) is 5. The van der Waals surface area contributed by atoms with Crippen LogP contribution >= 0.6 is 11.3 Å². The van der Waals surface area contributed by atoms with Gasteiger partial charge in [0.15, 0.2) is 0 Å². The van der Waals surface area contributed by atoms with E-state index < -0.39 is 0 Å². The Morgan fingerprint density at radius 2 is 2.23 bits per heavy atom. The predicted octanol–water partition coefficient (Wildman–Crippen LogP) is 2.66. The lowest BCUT2D eigenvalue weighted by molar-refractivity contribution is -0.119. The molecular formula is C15H16N4O2S. The van der Waals surface area contributed by atoms with Crippen molar-refractivity contribution in [3.05, 3.63) is 34.7 Å². The number of aromatic nitrogens is 3. The first-order valence-corrected chi connectivity index (χ1v) is 7.67. The molecule has 3 rings (SSSR count). The summed E-state index contributed by atoms with van der Waals surface area (Å²) in [5.74, 6) is 0.0220. The zero-order valence-corrected chi connectivity index (χ0v) is 13.4. The number of fused-ring (bicyclic) bond motifs is 1. The fraction of sp³-hybridized carbons (Fsp3) is 0.267. The molecule has 22 heavy (non-hydrogen) atoms. The zero-order chi connectivity index (χ0) is 15.7. The van der Waals surface area contributed by atoms with Gasteiger partial charge in [-0.05, 0) is 19.4 Å². The van der Waals surface area contributed by atoms with Crippen LogP contribution in [0.2, 0.25) is 0 Å². The van der Waals surface area contributed by atoms with Gasteiger partial charge in [-0.3, -0.25) is 10.1 Å². The first kappa shape index (κ1) is 14.7. The molecule has 1 N–H and O–H groups in total. The molecule has 7 heteroatoms. The highest BCUT2D eigenvalue weighted by atomic mass is 32.1. The monoisotopic (exact) mass is 316 g/mol. The minimum Gasteiger partial charge on any atom is -0.375 e. The molecule has 0 atom stereocenters. The largest absolute Gasteiger partial charge is 0.375 e. The SMILES string of the molecule is COCC(=O)Nc1nc2scc(-c3ccc(C)cc3C)n2n1. The summed E-state index contributed by atoms with van der Waals surface area (Å²) in [6.45, 7) is 4.12. The fourth-order valence-electron chi connectivity index (χ4n) is 2.31. The Labute approximate surface area is 131 Å². The van der Waals surface area contributed by atoms with Crippen molar-refractivity contribution < 1.29 is 9.53 Å². The molecule has 0 fully saturated rings. The lowest BCUT2D eigenvalue weighted by atomic mass is 10.0. The van der Waals surface area contributed by atoms with Crippen LogP contribution in [0.4, 0.5) is 5.95 Å². The Kier molecular flexibility index (Phi) is 3.91. The topological polar surface area (TPSA) is 68.5 Å². The summed E-state index contributed by atoms with van der Waals surface area (Å²) < 4.78 is 6.53. The first-order valence-electron chi connectivity index (χ1n) is 6.79. The first-order chi connectivity index (χ1) is 10.6. The quantitative estimate of drug-likeness (QED) is 0.803. The van der Waals surface area contributed by atoms with E-state index in [0.29, 0.717) is 5.95 Å². The van der Waals surface area contributed by atoms with Gasteiger partial charge in [-0.2, -0.15) is 4.98 Å². The van der Waals surface area contributed by atoms with Crippen molar-refractivity contribution in [2.24, 2.45) is 0 Å². The molecular weight excluding hydrogens is 300 g/mol. The van der Waals surface area contributed by atoms with Crippen LogP contribution in [-0.4, -0.2) is 34.2 Å². The molecule has 0 spiro atoms. The summed E-state index contributed by atoms with van der Waals surface area (Å²) in [4.78, 5) is 16.6. The molecule has 0 saturated carbocycles. The maximum absolute atomic E-state index is 11.5. The lowest BCUT2D eigenvalue weighted by Crippen LogP contribution is -2.18. The van der Waals surface area contributed by atoms with Crippen LogP contribution in [-0.2, 0) is 9.53 Å². The minimum atomic E-state index is -0.270. The van der Waals surface area contributed by atoms with Gasteiger partial charge in [0.2, 0.25) is 4.96 Å². The molecule has 0 radical (unpaired) electrons. The highest BCUT2D eigenvalue weighted by Gasteiger charge is 2.14. The van der Waals surface area contributed by atoms with Crippen molar-refractivity contribution in [1.29, 1.82) is 0 Å². The Balaban J connectivity index is 1.98. The number of thiazole rings is 1. The molecule has 0 aliphatic heterocycles. The van der Waals surface area contributed by atoms with Crippen LogP contribution in [0.3, 0.4) is 0 Å². The number of nitrogens with one attached hydrogen (secondary N) is 1. The van der Waals surface area contributed by atoms with Crippen LogP contribution in [0.25, 0.3) is 16.2 Å². The summed E-state index contributed by atoms with van der Waals surface area (Å²) in [7, 11) is 1.47. The maximum Gasteiger partial charge on any atom is 0.252 e. The summed E-state index contributed by atoms with van der Waals surface area (Å²) >= 11 is 1.49. The second kappa shape index (κ2) is 5.86. The highest BCUT2D eigenvalue weighted by Crippen LogP contribution is 2.28. The third-order valence-corrected chi connectivity index (χ3v) is 4.08. The van der Waals surface area contributed by atoms with Gasteiger partial charge < -0.3 is 4.74 Å². The standard InChI is InChI=1S/C15H16N4O2S/c1-9-4-5-11(10(2)6-9)12-8-22-15-17-14(18-19(12)15)16-13(20)7-21-3/h4-6,8H,7H2,1-3H3,(H,16,18,20). The molecule has 0 unspecified atom stereocenters. The summed E-state index contributed by atoms with van der Waals surface area (Å²) in [6.07, 6.45) is 0. The van der Waals surface area contributed by atoms with Crippen molar-refractivity contribution in [3.8, 4) is 11.3 Å². The van der Waals surface area contributed by atoms with Gasteiger partial charge in [-0.1, -0.05) is 23.8 Å². The van der Waals surface area contributed by atoms with Crippen molar-refractivity contribution in [3.63, 3.8) is 0 Å². The number of carbonyl (C=O) groups is 1. The molecule has 0 aliphatic rings. The summed E-state index contributed by atoms with van der Waals surface area (Å²) in [5.41, 5.74) is 4.48. The van der Waals surface area contributed by atoms with Crippen molar-refractivity contribution in [1.82, 2.24) is 14.6 Å². The van der Waals surface area contributed by atoms with E-state index in [9.17, 15) is 4.79 Å². The van der Waals surface area contributed by atoms with Gasteiger partial charge >= 0.3 is 0 Å². The molecule has 6 nitrogen and oxygen atoms in total. The average molecular weight is 316 g/mol. The van der Waals surface area contributed by atoms with E-state index in [4.69, 9.17) is 4.74 Å². The average Bonchev–Trinajstić information content (AvgIpc) is 2.99. The summed E-state index contributed by atoms with van der Waals surface area (Å²) in [5, 5.41) is 9.01. The smallest absolute Gasteiger partial charge is 0.252 e. The number of benzene rings is 1. The maximum atomic E-state index is 11.5. The second-order valence-electron chi connectivity index (χ2n) is 5.05. The normalized spacial score (nSPS) is 11.0. The lowest BCUT2D eigenvalue weighted by Gasteiger charge is -2.05.